The molecule has 2 aromatic rings. The highest BCUT2D eigenvalue weighted by molar-refractivity contribution is 6.25. The molecule has 0 bridgehead atoms. The van der Waals surface area contributed by atoms with Gasteiger partial charge in [0.15, 0.2) is 0 Å². The number of anilines is 2. The summed E-state index contributed by atoms with van der Waals surface area (Å²) in [5, 5.41) is 18.5. The van der Waals surface area contributed by atoms with Crippen LogP contribution in [0.25, 0.3) is 0 Å². The van der Waals surface area contributed by atoms with Crippen molar-refractivity contribution in [2.75, 3.05) is 22.9 Å². The summed E-state index contributed by atoms with van der Waals surface area (Å²) in [6, 6.07) is 7.19. The van der Waals surface area contributed by atoms with E-state index in [0.29, 0.717) is 16.2 Å². The van der Waals surface area contributed by atoms with E-state index in [-0.39, 0.29) is 51.6 Å². The zero-order chi connectivity index (χ0) is 34.1. The number of hydrogen-bond donors (Lipinski definition) is 0. The zero-order valence-corrected chi connectivity index (χ0v) is 24.4. The average Bonchev–Trinajstić information content (AvgIpc) is 3.94. The first-order valence-electron chi connectivity index (χ1n) is 14.7. The Morgan fingerprint density at radius 3 is 1.28 bits per heavy atom. The highest BCUT2D eigenvalue weighted by Gasteiger charge is 2.67. The van der Waals surface area contributed by atoms with Crippen LogP contribution < -0.4 is 9.80 Å². The smallest absolute Gasteiger partial charge is 0.309 e. The third-order valence-corrected chi connectivity index (χ3v) is 9.17. The minimum absolute atomic E-state index is 0.000401. The van der Waals surface area contributed by atoms with Gasteiger partial charge in [0.25, 0.3) is 11.8 Å². The second kappa shape index (κ2) is 10.7. The van der Waals surface area contributed by atoms with E-state index in [4.69, 9.17) is 0 Å². The molecular formula is C31H24F6N6O4. The highest BCUT2D eigenvalue weighted by atomic mass is 19.4. The largest absolute Gasteiger partial charge is 0.419 e. The lowest BCUT2D eigenvalue weighted by atomic mass is 10.0. The van der Waals surface area contributed by atoms with Gasteiger partial charge >= 0.3 is 24.4 Å². The maximum Gasteiger partial charge on any atom is 0.419 e. The molecule has 6 rings (SSSR count). The van der Waals surface area contributed by atoms with Gasteiger partial charge < -0.3 is 9.80 Å². The van der Waals surface area contributed by atoms with Crippen LogP contribution in [-0.4, -0.2) is 57.8 Å². The first-order chi connectivity index (χ1) is 22.1. The quantitative estimate of drug-likeness (QED) is 0.196. The van der Waals surface area contributed by atoms with Crippen molar-refractivity contribution < 1.29 is 45.5 Å². The summed E-state index contributed by atoms with van der Waals surface area (Å²) in [4.78, 5) is 56.8. The monoisotopic (exact) mass is 658 g/mol. The highest BCUT2D eigenvalue weighted by Crippen LogP contribution is 2.52. The van der Waals surface area contributed by atoms with E-state index in [9.17, 15) is 56.0 Å². The Hall–Kier alpha value is -5.12. The minimum atomic E-state index is -5.01. The van der Waals surface area contributed by atoms with Crippen LogP contribution in [0.1, 0.15) is 67.2 Å². The summed E-state index contributed by atoms with van der Waals surface area (Å²) in [6.45, 7) is 0.000803. The molecule has 10 nitrogen and oxygen atoms in total. The van der Waals surface area contributed by atoms with Crippen LogP contribution in [0, 0.1) is 22.7 Å². The summed E-state index contributed by atoms with van der Waals surface area (Å²) >= 11 is 0. The molecule has 2 heterocycles. The maximum atomic E-state index is 13.9. The maximum absolute atomic E-state index is 13.9. The Kier molecular flexibility index (Phi) is 7.26. The molecule has 2 saturated carbocycles. The van der Waals surface area contributed by atoms with Crippen molar-refractivity contribution >= 4 is 35.3 Å². The first kappa shape index (κ1) is 31.8. The fourth-order valence-corrected chi connectivity index (χ4v) is 6.63. The molecule has 2 aliphatic carbocycles. The fourth-order valence-electron chi connectivity index (χ4n) is 6.63. The third-order valence-electron chi connectivity index (χ3n) is 9.17. The van der Waals surface area contributed by atoms with Crippen molar-refractivity contribution in [1.29, 1.82) is 10.5 Å². The lowest BCUT2D eigenvalue weighted by Crippen LogP contribution is -2.38. The fraction of sp³-hybridized carbons (Fsp3) is 0.419. The van der Waals surface area contributed by atoms with Crippen molar-refractivity contribution in [1.82, 2.24) is 9.80 Å². The number of amides is 6. The van der Waals surface area contributed by atoms with E-state index >= 15 is 0 Å². The second-order valence-corrected chi connectivity index (χ2v) is 11.9. The molecule has 2 spiro atoms. The predicted molar refractivity (Wildman–Crippen MR) is 149 cm³/mol. The van der Waals surface area contributed by atoms with Crippen molar-refractivity contribution in [2.45, 2.75) is 68.4 Å². The lowest BCUT2D eigenvalue weighted by Gasteiger charge is -2.23. The van der Waals surface area contributed by atoms with Crippen molar-refractivity contribution in [3.63, 3.8) is 0 Å². The molecular weight excluding hydrogens is 634 g/mol. The number of alkyl halides is 6. The van der Waals surface area contributed by atoms with Gasteiger partial charge in [-0.1, -0.05) is 12.1 Å². The van der Waals surface area contributed by atoms with Crippen molar-refractivity contribution in [3.05, 3.63) is 58.7 Å². The number of nitrogens with zero attached hydrogens (tertiary/aromatic N) is 6. The number of carbonyl (C=O) groups excluding carboxylic acids is 4. The molecule has 0 N–H and O–H groups in total. The van der Waals surface area contributed by atoms with Crippen molar-refractivity contribution in [2.24, 2.45) is 0 Å². The van der Waals surface area contributed by atoms with Gasteiger partial charge in [0.1, 0.15) is 11.1 Å². The van der Waals surface area contributed by atoms with E-state index < -0.39 is 80.9 Å². The summed E-state index contributed by atoms with van der Waals surface area (Å²) in [5.74, 6) is -1.61. The van der Waals surface area contributed by atoms with Crippen LogP contribution >= 0.6 is 0 Å². The second-order valence-electron chi connectivity index (χ2n) is 11.9. The molecule has 2 aromatic carbocycles. The lowest BCUT2D eigenvalue weighted by molar-refractivity contribution is -0.138. The number of nitriles is 2. The van der Waals surface area contributed by atoms with Crippen molar-refractivity contribution in [3.8, 4) is 12.1 Å². The summed E-state index contributed by atoms with van der Waals surface area (Å²) in [5.41, 5.74) is -8.22. The van der Waals surface area contributed by atoms with Crippen LogP contribution in [0.2, 0.25) is 0 Å². The van der Waals surface area contributed by atoms with Crippen LogP contribution in [0.4, 0.5) is 47.3 Å². The van der Waals surface area contributed by atoms with Gasteiger partial charge in [-0.15, -0.1) is 0 Å². The van der Waals surface area contributed by atoms with Gasteiger partial charge in [-0.25, -0.2) is 19.4 Å². The van der Waals surface area contributed by atoms with Crippen LogP contribution in [0.5, 0.6) is 0 Å². The molecule has 4 aliphatic rings. The van der Waals surface area contributed by atoms with E-state index in [2.05, 4.69) is 0 Å². The number of carbonyl (C=O) groups is 4. The van der Waals surface area contributed by atoms with Crippen LogP contribution in [0.15, 0.2) is 36.4 Å². The topological polar surface area (TPSA) is 129 Å². The molecule has 0 radical (unpaired) electrons. The molecule has 4 fully saturated rings. The molecule has 2 saturated heterocycles. The summed E-state index contributed by atoms with van der Waals surface area (Å²) in [6.07, 6.45) is -8.12. The Balaban J connectivity index is 1.14. The molecule has 0 atom stereocenters. The van der Waals surface area contributed by atoms with Gasteiger partial charge in [-0.05, 0) is 69.2 Å². The number of halogens is 6. The molecule has 0 unspecified atom stereocenters. The van der Waals surface area contributed by atoms with E-state index in [1.165, 1.54) is 21.9 Å². The van der Waals surface area contributed by atoms with E-state index in [1.54, 1.807) is 0 Å². The first-order valence-corrected chi connectivity index (χ1v) is 14.7. The molecule has 2 aliphatic heterocycles. The Labute approximate surface area is 263 Å². The van der Waals surface area contributed by atoms with Crippen LogP contribution in [-0.2, 0) is 21.9 Å². The average molecular weight is 659 g/mol. The standard InChI is InChI=1S/C31H24F6N6O4/c32-30(33,34)22-18(16-38)6-4-8-20(22)42-24(44)28(10-11-28)40(26(42)46)14-2-1-3-15-41-27(47)43(25(45)29(41)12-13-29)21-9-5-7-19(17-39)23(21)31(35,36)37/h4-9H,1-3,10-15H2. The molecule has 16 heteroatoms. The Morgan fingerprint density at radius 1 is 0.617 bits per heavy atom. The number of benzene rings is 2. The predicted octanol–water partition coefficient (Wildman–Crippen LogP) is 5.94. The number of rotatable bonds is 8. The van der Waals surface area contributed by atoms with Gasteiger partial charge in [0.05, 0.1) is 45.8 Å². The van der Waals surface area contributed by atoms with Crippen LogP contribution in [0.3, 0.4) is 0 Å². The number of imide groups is 2. The molecule has 244 valence electrons. The summed E-state index contributed by atoms with van der Waals surface area (Å²) in [7, 11) is 0. The number of unbranched alkanes of at least 4 members (excludes halogenated alkanes) is 2. The molecule has 6 amide bonds. The van der Waals surface area contributed by atoms with Gasteiger partial charge in [-0.2, -0.15) is 36.9 Å². The van der Waals surface area contributed by atoms with E-state index in [1.807, 2.05) is 0 Å². The SMILES string of the molecule is N#Cc1cccc(N2C(=O)N(CCCCCN3C(=O)N(c4cccc(C#N)c4C(F)(F)F)C(=O)C34CC4)C3(CC3)C2=O)c1C(F)(F)F. The Morgan fingerprint density at radius 2 is 0.979 bits per heavy atom. The Bertz CT molecular complexity index is 1670. The van der Waals surface area contributed by atoms with Gasteiger partial charge in [0, 0.05) is 13.1 Å². The minimum Gasteiger partial charge on any atom is -0.309 e. The summed E-state index contributed by atoms with van der Waals surface area (Å²) < 4.78 is 83.6. The number of urea groups is 2. The van der Waals surface area contributed by atoms with Gasteiger partial charge in [-0.3, -0.25) is 9.59 Å². The number of hydrogen-bond acceptors (Lipinski definition) is 6. The third kappa shape index (κ3) is 4.85. The van der Waals surface area contributed by atoms with Gasteiger partial charge in [0.2, 0.25) is 0 Å². The molecule has 47 heavy (non-hydrogen) atoms. The molecule has 0 aromatic heterocycles. The van der Waals surface area contributed by atoms with E-state index in [0.717, 1.165) is 36.4 Å². The zero-order valence-electron chi connectivity index (χ0n) is 24.4. The normalized spacial score (nSPS) is 19.7.